The second kappa shape index (κ2) is 6.49. The van der Waals surface area contributed by atoms with E-state index in [1.807, 2.05) is 0 Å². The third-order valence-corrected chi connectivity index (χ3v) is 6.25. The zero-order valence-electron chi connectivity index (χ0n) is 15.9. The third-order valence-electron chi connectivity index (χ3n) is 5.07. The molecule has 0 aromatic carbocycles. The molecule has 5 rings (SSSR count). The minimum absolute atomic E-state index is 0.0120. The van der Waals surface area contributed by atoms with Gasteiger partial charge in [-0.05, 0) is 31.4 Å². The molecule has 12 heteroatoms. The minimum Gasteiger partial charge on any atom is -0.465 e. The summed E-state index contributed by atoms with van der Waals surface area (Å²) in [5.41, 5.74) is 0.795. The summed E-state index contributed by atoms with van der Waals surface area (Å²) >= 11 is 1.20. The molecule has 0 amide bonds. The Labute approximate surface area is 171 Å². The summed E-state index contributed by atoms with van der Waals surface area (Å²) in [6.07, 6.45) is -1.35. The van der Waals surface area contributed by atoms with Crippen molar-refractivity contribution in [3.8, 4) is 0 Å². The van der Waals surface area contributed by atoms with Crippen LogP contribution in [0.3, 0.4) is 0 Å². The minimum atomic E-state index is -4.50. The zero-order valence-corrected chi connectivity index (χ0v) is 16.7. The molecular weight excluding hydrogens is 421 g/mol. The van der Waals surface area contributed by atoms with Crippen molar-refractivity contribution in [2.75, 3.05) is 7.11 Å². The summed E-state index contributed by atoms with van der Waals surface area (Å²) in [7, 11) is 1.31. The summed E-state index contributed by atoms with van der Waals surface area (Å²) < 4.78 is 47.0. The van der Waals surface area contributed by atoms with Crippen LogP contribution in [0.15, 0.2) is 12.4 Å². The molecule has 0 bridgehead atoms. The predicted molar refractivity (Wildman–Crippen MR) is 101 cm³/mol. The summed E-state index contributed by atoms with van der Waals surface area (Å²) in [4.78, 5) is 21.9. The highest BCUT2D eigenvalue weighted by Gasteiger charge is 2.38. The number of esters is 1. The molecule has 1 saturated carbocycles. The summed E-state index contributed by atoms with van der Waals surface area (Å²) in [5, 5.41) is 8.78. The van der Waals surface area contributed by atoms with Crippen LogP contribution in [0.5, 0.6) is 0 Å². The highest BCUT2D eigenvalue weighted by molar-refractivity contribution is 7.20. The fraction of sp³-hybridized carbons (Fsp3) is 0.389. The van der Waals surface area contributed by atoms with Gasteiger partial charge in [0.15, 0.2) is 17.2 Å². The Morgan fingerprint density at radius 1 is 1.33 bits per heavy atom. The number of carbonyl (C=O) groups excluding carboxylic acids is 1. The van der Waals surface area contributed by atoms with E-state index in [4.69, 9.17) is 4.74 Å². The molecule has 30 heavy (non-hydrogen) atoms. The Morgan fingerprint density at radius 2 is 2.10 bits per heavy atom. The monoisotopic (exact) mass is 436 g/mol. The largest absolute Gasteiger partial charge is 0.465 e. The Balaban J connectivity index is 1.58. The molecule has 1 fully saturated rings. The maximum absolute atomic E-state index is 13.1. The lowest BCUT2D eigenvalue weighted by Gasteiger charge is -2.03. The average molecular weight is 436 g/mol. The molecule has 1 aliphatic rings. The molecule has 0 unspecified atom stereocenters. The van der Waals surface area contributed by atoms with Crippen molar-refractivity contribution < 1.29 is 22.7 Å². The topological polar surface area (TPSA) is 87.2 Å². The summed E-state index contributed by atoms with van der Waals surface area (Å²) in [6.45, 7) is 1.79. The van der Waals surface area contributed by atoms with Crippen LogP contribution in [0.4, 0.5) is 13.2 Å². The maximum Gasteiger partial charge on any atom is 0.435 e. The van der Waals surface area contributed by atoms with Crippen molar-refractivity contribution in [1.82, 2.24) is 29.4 Å². The summed E-state index contributed by atoms with van der Waals surface area (Å²) in [6, 6.07) is 1.11. The quantitative estimate of drug-likeness (QED) is 0.455. The molecule has 4 aromatic heterocycles. The number of fused-ring (bicyclic) bond motifs is 3. The number of alkyl halides is 3. The van der Waals surface area contributed by atoms with E-state index in [9.17, 15) is 18.0 Å². The van der Waals surface area contributed by atoms with Gasteiger partial charge in [0.1, 0.15) is 22.6 Å². The molecule has 1 aliphatic carbocycles. The molecular formula is C18H15F3N6O2S. The number of hydrogen-bond donors (Lipinski definition) is 0. The van der Waals surface area contributed by atoms with Crippen LogP contribution >= 0.6 is 11.3 Å². The van der Waals surface area contributed by atoms with Crippen LogP contribution in [0.2, 0.25) is 0 Å². The van der Waals surface area contributed by atoms with E-state index in [2.05, 4.69) is 20.2 Å². The van der Waals surface area contributed by atoms with Gasteiger partial charge < -0.3 is 4.74 Å². The van der Waals surface area contributed by atoms with Crippen LogP contribution in [0, 0.1) is 6.92 Å². The molecule has 4 aromatic rings. The van der Waals surface area contributed by atoms with Gasteiger partial charge in [0.05, 0.1) is 12.5 Å². The lowest BCUT2D eigenvalue weighted by atomic mass is 10.2. The van der Waals surface area contributed by atoms with Crippen LogP contribution in [0.1, 0.15) is 51.2 Å². The van der Waals surface area contributed by atoms with E-state index in [0.717, 1.165) is 18.9 Å². The molecule has 4 heterocycles. The number of hydrogen-bond acceptors (Lipinski definition) is 7. The average Bonchev–Trinajstić information content (AvgIpc) is 3.16. The van der Waals surface area contributed by atoms with Gasteiger partial charge in [-0.2, -0.15) is 18.3 Å². The first-order valence-corrected chi connectivity index (χ1v) is 9.94. The van der Waals surface area contributed by atoms with Crippen molar-refractivity contribution >= 4 is 33.2 Å². The summed E-state index contributed by atoms with van der Waals surface area (Å²) in [5.74, 6) is -0.0623. The molecule has 0 saturated heterocycles. The number of rotatable bonds is 4. The standard InChI is InChI=1S/C18H15F3N6O2S/c1-8-13-15-23-12(25-27(15)7-22-16(13)30-14(8)17(28)29-2)6-26-10(9-3-4-9)5-11(24-26)18(19,20)21/h5,7,9H,3-4,6H2,1-2H3. The number of aromatic nitrogens is 6. The second-order valence-electron chi connectivity index (χ2n) is 7.15. The fourth-order valence-corrected chi connectivity index (χ4v) is 4.53. The lowest BCUT2D eigenvalue weighted by molar-refractivity contribution is -0.141. The predicted octanol–water partition coefficient (Wildman–Crippen LogP) is 3.58. The Bertz CT molecular complexity index is 1300. The maximum atomic E-state index is 13.1. The first-order valence-electron chi connectivity index (χ1n) is 9.13. The highest BCUT2D eigenvalue weighted by atomic mass is 32.1. The van der Waals surface area contributed by atoms with Crippen LogP contribution in [-0.2, 0) is 17.5 Å². The SMILES string of the molecule is COC(=O)c1sc2ncn3nc(Cn4nc(C(F)(F)F)cc4C4CC4)nc3c2c1C. The Kier molecular flexibility index (Phi) is 4.10. The molecule has 0 aliphatic heterocycles. The van der Waals surface area contributed by atoms with Crippen LogP contribution in [-0.4, -0.2) is 42.4 Å². The highest BCUT2D eigenvalue weighted by Crippen LogP contribution is 2.42. The molecule has 0 N–H and O–H groups in total. The smallest absolute Gasteiger partial charge is 0.435 e. The molecule has 156 valence electrons. The van der Waals surface area contributed by atoms with Gasteiger partial charge in [-0.15, -0.1) is 16.4 Å². The first-order chi connectivity index (χ1) is 14.3. The van der Waals surface area contributed by atoms with Crippen LogP contribution < -0.4 is 0 Å². The molecule has 0 spiro atoms. The van der Waals surface area contributed by atoms with Crippen molar-refractivity contribution in [2.45, 2.75) is 38.4 Å². The normalized spacial score (nSPS) is 14.7. The van der Waals surface area contributed by atoms with Gasteiger partial charge >= 0.3 is 12.1 Å². The Morgan fingerprint density at radius 3 is 2.77 bits per heavy atom. The van der Waals surface area contributed by atoms with Gasteiger partial charge in [0.25, 0.3) is 0 Å². The van der Waals surface area contributed by atoms with Gasteiger partial charge in [-0.3, -0.25) is 4.68 Å². The van der Waals surface area contributed by atoms with Crippen molar-refractivity contribution in [3.05, 3.63) is 40.0 Å². The Hall–Kier alpha value is -3.02. The van der Waals surface area contributed by atoms with E-state index < -0.39 is 17.8 Å². The fourth-order valence-electron chi connectivity index (χ4n) is 3.47. The van der Waals surface area contributed by atoms with Gasteiger partial charge in [0.2, 0.25) is 0 Å². The van der Waals surface area contributed by atoms with E-state index >= 15 is 0 Å². The number of nitrogens with zero attached hydrogens (tertiary/aromatic N) is 6. The van der Waals surface area contributed by atoms with E-state index in [1.54, 1.807) is 6.92 Å². The first kappa shape index (κ1) is 19.0. The second-order valence-corrected chi connectivity index (χ2v) is 8.15. The van der Waals surface area contributed by atoms with Gasteiger partial charge in [0, 0.05) is 11.6 Å². The number of carbonyl (C=O) groups is 1. The lowest BCUT2D eigenvalue weighted by Crippen LogP contribution is -2.10. The number of methoxy groups -OCH3 is 1. The van der Waals surface area contributed by atoms with E-state index in [-0.39, 0.29) is 12.5 Å². The number of thiophene rings is 1. The molecule has 0 atom stereocenters. The molecule has 8 nitrogen and oxygen atoms in total. The van der Waals surface area contributed by atoms with Crippen molar-refractivity contribution in [3.63, 3.8) is 0 Å². The molecule has 0 radical (unpaired) electrons. The third kappa shape index (κ3) is 3.02. The number of ether oxygens (including phenoxy) is 1. The number of aryl methyl sites for hydroxylation is 1. The van der Waals surface area contributed by atoms with Gasteiger partial charge in [-0.1, -0.05) is 0 Å². The van der Waals surface area contributed by atoms with Crippen molar-refractivity contribution in [2.24, 2.45) is 0 Å². The number of halogens is 3. The van der Waals surface area contributed by atoms with Crippen LogP contribution in [0.25, 0.3) is 15.9 Å². The van der Waals surface area contributed by atoms with E-state index in [0.29, 0.717) is 37.8 Å². The van der Waals surface area contributed by atoms with E-state index in [1.165, 1.54) is 34.0 Å². The van der Waals surface area contributed by atoms with Crippen molar-refractivity contribution in [1.29, 1.82) is 0 Å². The zero-order chi connectivity index (χ0) is 21.2. The van der Waals surface area contributed by atoms with Gasteiger partial charge in [-0.25, -0.2) is 19.3 Å².